The van der Waals surface area contributed by atoms with Gasteiger partial charge in [-0.25, -0.2) is 4.98 Å². The molecular weight excluding hydrogens is 500 g/mol. The SMILES string of the molecule is C=CSC(=C)CCCc1nc2ccc(C(=O)N(CCC(C)C)CCC(C)C)cc2n1CCCN1CCCCC1. The largest absolute Gasteiger partial charge is 0.339 e. The lowest BCUT2D eigenvalue weighted by Crippen LogP contribution is -2.34. The van der Waals surface area contributed by atoms with E-state index in [1.54, 1.807) is 11.8 Å². The van der Waals surface area contributed by atoms with Gasteiger partial charge in [0.25, 0.3) is 5.91 Å². The van der Waals surface area contributed by atoms with Crippen LogP contribution in [0, 0.1) is 11.8 Å². The highest BCUT2D eigenvalue weighted by Crippen LogP contribution is 2.24. The van der Waals surface area contributed by atoms with Gasteiger partial charge in [0.1, 0.15) is 5.82 Å². The van der Waals surface area contributed by atoms with Crippen molar-refractivity contribution in [3.05, 3.63) is 53.1 Å². The standard InChI is InChI=1S/C33H52N4OS/c1-7-39-28(6)13-11-14-32-34-30-16-15-29(33(38)36(23-17-26(2)3)24-18-27(4)5)25-31(30)37(32)22-12-21-35-19-9-8-10-20-35/h7,15-16,25-27H,1,6,8-14,17-24H2,2-5H3. The van der Waals surface area contributed by atoms with Crippen molar-refractivity contribution in [2.75, 3.05) is 32.7 Å². The fraction of sp³-hybridized carbons (Fsp3) is 0.636. The highest BCUT2D eigenvalue weighted by molar-refractivity contribution is 8.05. The number of piperidine rings is 1. The van der Waals surface area contributed by atoms with Gasteiger partial charge < -0.3 is 14.4 Å². The number of thioether (sulfide) groups is 1. The van der Waals surface area contributed by atoms with Crippen molar-refractivity contribution < 1.29 is 4.79 Å². The number of rotatable bonds is 17. The molecule has 1 amide bonds. The molecule has 1 aromatic heterocycles. The predicted molar refractivity (Wildman–Crippen MR) is 169 cm³/mol. The molecule has 0 unspecified atom stereocenters. The quantitative estimate of drug-likeness (QED) is 0.198. The Balaban J connectivity index is 1.82. The Kier molecular flexibility index (Phi) is 13.1. The molecule has 1 aliphatic rings. The van der Waals surface area contributed by atoms with Crippen LogP contribution in [0.4, 0.5) is 0 Å². The van der Waals surface area contributed by atoms with Crippen molar-refractivity contribution in [1.29, 1.82) is 0 Å². The van der Waals surface area contributed by atoms with Crippen LogP contribution >= 0.6 is 11.8 Å². The number of aromatic nitrogens is 2. The molecule has 6 heteroatoms. The van der Waals surface area contributed by atoms with E-state index in [0.717, 1.165) is 92.0 Å². The average molecular weight is 553 g/mol. The molecule has 39 heavy (non-hydrogen) atoms. The van der Waals surface area contributed by atoms with E-state index in [2.05, 4.69) is 67.4 Å². The van der Waals surface area contributed by atoms with Gasteiger partial charge >= 0.3 is 0 Å². The fourth-order valence-corrected chi connectivity index (χ4v) is 5.83. The molecule has 0 saturated carbocycles. The Bertz CT molecular complexity index is 1060. The summed E-state index contributed by atoms with van der Waals surface area (Å²) in [7, 11) is 0. The molecule has 0 N–H and O–H groups in total. The minimum absolute atomic E-state index is 0.151. The Morgan fingerprint density at radius 2 is 1.74 bits per heavy atom. The van der Waals surface area contributed by atoms with Gasteiger partial charge in [-0.1, -0.05) is 47.3 Å². The van der Waals surface area contributed by atoms with E-state index in [-0.39, 0.29) is 5.91 Å². The third kappa shape index (κ3) is 10.1. The van der Waals surface area contributed by atoms with E-state index in [1.807, 2.05) is 11.5 Å². The lowest BCUT2D eigenvalue weighted by molar-refractivity contribution is 0.0741. The molecule has 0 atom stereocenters. The molecule has 0 radical (unpaired) electrons. The van der Waals surface area contributed by atoms with Gasteiger partial charge in [-0.15, -0.1) is 11.8 Å². The minimum Gasteiger partial charge on any atom is -0.339 e. The van der Waals surface area contributed by atoms with Crippen LogP contribution in [0.2, 0.25) is 0 Å². The molecule has 5 nitrogen and oxygen atoms in total. The summed E-state index contributed by atoms with van der Waals surface area (Å²) < 4.78 is 2.39. The van der Waals surface area contributed by atoms with Crippen LogP contribution in [0.25, 0.3) is 11.0 Å². The number of hydrogen-bond donors (Lipinski definition) is 0. The number of hydrogen-bond acceptors (Lipinski definition) is 4. The van der Waals surface area contributed by atoms with Crippen molar-refractivity contribution in [3.8, 4) is 0 Å². The second-order valence-electron chi connectivity index (χ2n) is 12.0. The van der Waals surface area contributed by atoms with Gasteiger partial charge in [0.2, 0.25) is 0 Å². The number of fused-ring (bicyclic) bond motifs is 1. The number of carbonyl (C=O) groups excluding carboxylic acids is 1. The van der Waals surface area contributed by atoms with Gasteiger partial charge in [-0.3, -0.25) is 4.79 Å². The number of benzene rings is 1. The average Bonchev–Trinajstić information content (AvgIpc) is 3.25. The lowest BCUT2D eigenvalue weighted by atomic mass is 10.1. The van der Waals surface area contributed by atoms with E-state index in [4.69, 9.17) is 4.98 Å². The molecule has 2 aromatic rings. The van der Waals surface area contributed by atoms with Crippen LogP contribution in [-0.2, 0) is 13.0 Å². The van der Waals surface area contributed by atoms with E-state index < -0.39 is 0 Å². The number of aryl methyl sites for hydroxylation is 2. The normalized spacial score (nSPS) is 14.4. The topological polar surface area (TPSA) is 41.4 Å². The van der Waals surface area contributed by atoms with Crippen LogP contribution in [0.15, 0.2) is 41.7 Å². The number of nitrogens with zero attached hydrogens (tertiary/aromatic N) is 4. The Morgan fingerprint density at radius 1 is 1.05 bits per heavy atom. The summed E-state index contributed by atoms with van der Waals surface area (Å²) in [6.07, 6.45) is 10.0. The third-order valence-corrected chi connectivity index (χ3v) is 8.43. The molecule has 0 bridgehead atoms. The number of allylic oxidation sites excluding steroid dienone is 1. The van der Waals surface area contributed by atoms with Gasteiger partial charge in [0, 0.05) is 31.6 Å². The highest BCUT2D eigenvalue weighted by Gasteiger charge is 2.19. The first-order chi connectivity index (χ1) is 18.8. The number of likely N-dealkylation sites (tertiary alicyclic amines) is 1. The van der Waals surface area contributed by atoms with Crippen molar-refractivity contribution in [2.24, 2.45) is 11.8 Å². The summed E-state index contributed by atoms with van der Waals surface area (Å²) in [5.74, 6) is 2.43. The summed E-state index contributed by atoms with van der Waals surface area (Å²) in [5, 5.41) is 1.85. The van der Waals surface area contributed by atoms with Crippen molar-refractivity contribution in [2.45, 2.75) is 92.0 Å². The van der Waals surface area contributed by atoms with E-state index in [0.29, 0.717) is 11.8 Å². The first-order valence-electron chi connectivity index (χ1n) is 15.2. The summed E-state index contributed by atoms with van der Waals surface area (Å²) in [5.41, 5.74) is 2.88. The smallest absolute Gasteiger partial charge is 0.253 e. The fourth-order valence-electron chi connectivity index (χ4n) is 5.33. The first-order valence-corrected chi connectivity index (χ1v) is 16.1. The molecule has 0 spiro atoms. The summed E-state index contributed by atoms with van der Waals surface area (Å²) >= 11 is 1.62. The molecule has 1 fully saturated rings. The maximum absolute atomic E-state index is 13.7. The molecule has 1 aromatic carbocycles. The van der Waals surface area contributed by atoms with Crippen LogP contribution in [0.5, 0.6) is 0 Å². The molecular formula is C33H52N4OS. The number of carbonyl (C=O) groups is 1. The van der Waals surface area contributed by atoms with Crippen LogP contribution in [0.1, 0.15) is 95.2 Å². The van der Waals surface area contributed by atoms with Gasteiger partial charge in [0.05, 0.1) is 11.0 Å². The molecule has 2 heterocycles. The second-order valence-corrected chi connectivity index (χ2v) is 13.1. The molecule has 3 rings (SSSR count). The molecule has 1 saturated heterocycles. The second kappa shape index (κ2) is 16.3. The van der Waals surface area contributed by atoms with Crippen molar-refractivity contribution in [3.63, 3.8) is 0 Å². The van der Waals surface area contributed by atoms with Crippen LogP contribution in [-0.4, -0.2) is 58.0 Å². The molecule has 0 aliphatic carbocycles. The van der Waals surface area contributed by atoms with Crippen LogP contribution < -0.4 is 0 Å². The van der Waals surface area contributed by atoms with Crippen molar-refractivity contribution >= 4 is 28.7 Å². The lowest BCUT2D eigenvalue weighted by Gasteiger charge is -2.26. The Hall–Kier alpha value is -2.05. The maximum Gasteiger partial charge on any atom is 0.253 e. The summed E-state index contributed by atoms with van der Waals surface area (Å²) in [6, 6.07) is 6.15. The van der Waals surface area contributed by atoms with Crippen molar-refractivity contribution in [1.82, 2.24) is 19.4 Å². The van der Waals surface area contributed by atoms with E-state index >= 15 is 0 Å². The minimum atomic E-state index is 0.151. The van der Waals surface area contributed by atoms with Gasteiger partial charge in [-0.2, -0.15) is 0 Å². The monoisotopic (exact) mass is 552 g/mol. The molecule has 1 aliphatic heterocycles. The molecule has 216 valence electrons. The Labute approximate surface area is 242 Å². The zero-order valence-electron chi connectivity index (χ0n) is 25.1. The van der Waals surface area contributed by atoms with E-state index in [9.17, 15) is 4.79 Å². The zero-order chi connectivity index (χ0) is 28.2. The highest BCUT2D eigenvalue weighted by atomic mass is 32.2. The first kappa shape index (κ1) is 31.5. The summed E-state index contributed by atoms with van der Waals surface area (Å²) in [4.78, 5) is 24.6. The maximum atomic E-state index is 13.7. The number of amides is 1. The van der Waals surface area contributed by atoms with Gasteiger partial charge in [0.15, 0.2) is 0 Å². The third-order valence-electron chi connectivity index (χ3n) is 7.72. The summed E-state index contributed by atoms with van der Waals surface area (Å²) in [6.45, 7) is 23.0. The van der Waals surface area contributed by atoms with Crippen LogP contribution in [0.3, 0.4) is 0 Å². The number of imidazole rings is 1. The van der Waals surface area contributed by atoms with E-state index in [1.165, 1.54) is 32.4 Å². The predicted octanol–water partition coefficient (Wildman–Crippen LogP) is 8.16. The zero-order valence-corrected chi connectivity index (χ0v) is 25.9. The van der Waals surface area contributed by atoms with Gasteiger partial charge in [-0.05, 0) is 105 Å². The Morgan fingerprint density at radius 3 is 2.38 bits per heavy atom.